The van der Waals surface area contributed by atoms with Gasteiger partial charge in [-0.25, -0.2) is 24.3 Å². The fraction of sp³-hybridized carbons (Fsp3) is 0. The third kappa shape index (κ3) is 2.03. The van der Waals surface area contributed by atoms with E-state index in [1.807, 2.05) is 0 Å². The van der Waals surface area contributed by atoms with Crippen molar-refractivity contribution in [1.82, 2.24) is 24.6 Å². The average molecular weight is 300 g/mol. The van der Waals surface area contributed by atoms with Gasteiger partial charge in [-0.2, -0.15) is 5.10 Å². The molecule has 0 aliphatic carbocycles. The number of aromatic nitrogens is 5. The summed E-state index contributed by atoms with van der Waals surface area (Å²) in [4.78, 5) is 19.9. The maximum Gasteiger partial charge on any atom is 0.348 e. The summed E-state index contributed by atoms with van der Waals surface area (Å²) >= 11 is 1.24. The van der Waals surface area contributed by atoms with Gasteiger partial charge in [0.15, 0.2) is 11.2 Å². The third-order valence-electron chi connectivity index (χ3n) is 2.87. The fourth-order valence-electron chi connectivity index (χ4n) is 1.90. The van der Waals surface area contributed by atoms with Gasteiger partial charge in [0, 0.05) is 11.8 Å². The number of anilines is 1. The van der Waals surface area contributed by atoms with Gasteiger partial charge in [-0.15, -0.1) is 0 Å². The first-order chi connectivity index (χ1) is 10.2. The molecule has 3 aromatic heterocycles. The normalized spacial score (nSPS) is 11.4. The Labute approximate surface area is 121 Å². The Bertz CT molecular complexity index is 1020. The molecule has 0 fully saturated rings. The minimum absolute atomic E-state index is 0.327. The quantitative estimate of drug-likeness (QED) is 0.423. The lowest BCUT2D eigenvalue weighted by Crippen LogP contribution is -2.09. The first-order valence-electron chi connectivity index (χ1n) is 5.96. The molecule has 0 unspecified atom stereocenters. The Kier molecular flexibility index (Phi) is 2.48. The number of nitrogens with one attached hydrogen (secondary N) is 1. The number of nitrogen functional groups attached to an aromatic ring is 1. The van der Waals surface area contributed by atoms with Gasteiger partial charge in [0.2, 0.25) is 0 Å². The molecule has 0 bridgehead atoms. The Morgan fingerprint density at radius 2 is 2.24 bits per heavy atom. The van der Waals surface area contributed by atoms with Gasteiger partial charge in [-0.1, -0.05) is 0 Å². The highest BCUT2D eigenvalue weighted by Crippen LogP contribution is 2.29. The van der Waals surface area contributed by atoms with Crippen LogP contribution in [0.2, 0.25) is 0 Å². The molecule has 0 saturated heterocycles. The Balaban J connectivity index is 1.73. The molecular weight excluding hydrogens is 292 g/mol. The van der Waals surface area contributed by atoms with Crippen molar-refractivity contribution < 1.29 is 4.42 Å². The fourth-order valence-corrected chi connectivity index (χ4v) is 2.62. The van der Waals surface area contributed by atoms with Crippen LogP contribution in [0.1, 0.15) is 0 Å². The summed E-state index contributed by atoms with van der Waals surface area (Å²) in [5, 5.41) is 7.31. The van der Waals surface area contributed by atoms with Crippen molar-refractivity contribution >= 4 is 34.2 Å². The number of aromatic amines is 1. The van der Waals surface area contributed by atoms with Gasteiger partial charge in [-0.3, -0.25) is 0 Å². The molecule has 0 aliphatic rings. The minimum Gasteiger partial charge on any atom is -0.431 e. The number of hydrogen-bond acceptors (Lipinski definition) is 7. The van der Waals surface area contributed by atoms with Crippen molar-refractivity contribution in [3.8, 4) is 0 Å². The highest BCUT2D eigenvalue weighted by molar-refractivity contribution is 7.99. The van der Waals surface area contributed by atoms with E-state index in [1.165, 1.54) is 22.5 Å². The van der Waals surface area contributed by atoms with E-state index >= 15 is 0 Å². The lowest BCUT2D eigenvalue weighted by Gasteiger charge is -1.95. The van der Waals surface area contributed by atoms with Gasteiger partial charge >= 0.3 is 5.69 Å². The number of nitrogens with two attached hydrogens (primary N) is 1. The summed E-state index contributed by atoms with van der Waals surface area (Å²) in [6, 6.07) is 6.94. The predicted molar refractivity (Wildman–Crippen MR) is 76.2 cm³/mol. The van der Waals surface area contributed by atoms with Gasteiger partial charge < -0.3 is 10.2 Å². The summed E-state index contributed by atoms with van der Waals surface area (Å²) in [6.45, 7) is 0. The summed E-state index contributed by atoms with van der Waals surface area (Å²) in [6.07, 6.45) is 1.41. The molecule has 0 atom stereocenters. The van der Waals surface area contributed by atoms with Crippen LogP contribution in [0, 0.1) is 0 Å². The number of rotatable bonds is 2. The number of oxazole rings is 1. The van der Waals surface area contributed by atoms with Crippen LogP contribution in [0.5, 0.6) is 0 Å². The first kappa shape index (κ1) is 12.0. The van der Waals surface area contributed by atoms with E-state index < -0.39 is 0 Å². The molecule has 3 heterocycles. The standard InChI is InChI=1S/C12H8N6O2S/c13-6-1-2-8-7(3-6)15-12(20-8)21-10-4-9-16-17-11(19)18(9)5-14-10/h1-5H,13H2,(H,17,19). The molecule has 0 radical (unpaired) electrons. The molecule has 8 nitrogen and oxygen atoms in total. The zero-order chi connectivity index (χ0) is 14.4. The topological polar surface area (TPSA) is 115 Å². The van der Waals surface area contributed by atoms with Crippen LogP contribution >= 0.6 is 11.8 Å². The SMILES string of the molecule is Nc1ccc2oc(Sc3cc4n[nH]c(=O)n4cn3)nc2c1. The first-order valence-corrected chi connectivity index (χ1v) is 6.77. The molecule has 9 heteroatoms. The number of H-pyrrole nitrogens is 1. The van der Waals surface area contributed by atoms with Gasteiger partial charge in [0.25, 0.3) is 5.22 Å². The number of fused-ring (bicyclic) bond motifs is 2. The lowest BCUT2D eigenvalue weighted by atomic mass is 10.3. The Hall–Kier alpha value is -2.81. The van der Waals surface area contributed by atoms with E-state index in [4.69, 9.17) is 10.2 Å². The van der Waals surface area contributed by atoms with Crippen molar-refractivity contribution in [2.45, 2.75) is 10.2 Å². The Morgan fingerprint density at radius 3 is 3.14 bits per heavy atom. The van der Waals surface area contributed by atoms with E-state index in [2.05, 4.69) is 20.2 Å². The monoisotopic (exact) mass is 300 g/mol. The van der Waals surface area contributed by atoms with Crippen molar-refractivity contribution in [3.05, 3.63) is 41.1 Å². The maximum atomic E-state index is 11.4. The van der Waals surface area contributed by atoms with E-state index in [0.29, 0.717) is 32.7 Å². The molecule has 0 spiro atoms. The van der Waals surface area contributed by atoms with Gasteiger partial charge in [0.05, 0.1) is 0 Å². The van der Waals surface area contributed by atoms with Crippen LogP contribution in [0.3, 0.4) is 0 Å². The number of benzene rings is 1. The van der Waals surface area contributed by atoms with Crippen LogP contribution in [-0.2, 0) is 0 Å². The molecule has 4 aromatic rings. The van der Waals surface area contributed by atoms with E-state index in [0.717, 1.165) is 0 Å². The second-order valence-corrected chi connectivity index (χ2v) is 5.26. The van der Waals surface area contributed by atoms with Crippen LogP contribution in [-0.4, -0.2) is 24.6 Å². The van der Waals surface area contributed by atoms with Crippen molar-refractivity contribution in [3.63, 3.8) is 0 Å². The molecule has 4 rings (SSSR count). The summed E-state index contributed by atoms with van der Waals surface area (Å²) < 4.78 is 6.92. The second-order valence-electron chi connectivity index (χ2n) is 4.29. The highest BCUT2D eigenvalue weighted by Gasteiger charge is 2.10. The van der Waals surface area contributed by atoms with Gasteiger partial charge in [0.1, 0.15) is 16.9 Å². The van der Waals surface area contributed by atoms with Crippen LogP contribution in [0.4, 0.5) is 5.69 Å². The van der Waals surface area contributed by atoms with Crippen molar-refractivity contribution in [2.75, 3.05) is 5.73 Å². The van der Waals surface area contributed by atoms with Crippen LogP contribution in [0.15, 0.2) is 50.1 Å². The maximum absolute atomic E-state index is 11.4. The smallest absolute Gasteiger partial charge is 0.348 e. The molecule has 3 N–H and O–H groups in total. The second kappa shape index (κ2) is 4.35. The van der Waals surface area contributed by atoms with Crippen molar-refractivity contribution in [2.24, 2.45) is 0 Å². The molecule has 1 aromatic carbocycles. The minimum atomic E-state index is -0.327. The Morgan fingerprint density at radius 1 is 1.33 bits per heavy atom. The number of hydrogen-bond donors (Lipinski definition) is 2. The largest absolute Gasteiger partial charge is 0.431 e. The average Bonchev–Trinajstić information content (AvgIpc) is 3.02. The van der Waals surface area contributed by atoms with E-state index in [-0.39, 0.29) is 5.69 Å². The summed E-state index contributed by atoms with van der Waals surface area (Å²) in [5.74, 6) is 0. The highest BCUT2D eigenvalue weighted by atomic mass is 32.2. The van der Waals surface area contributed by atoms with Crippen LogP contribution < -0.4 is 11.4 Å². The third-order valence-corrected chi connectivity index (χ3v) is 3.65. The lowest BCUT2D eigenvalue weighted by molar-refractivity contribution is 0.489. The predicted octanol–water partition coefficient (Wildman–Crippen LogP) is 1.29. The zero-order valence-corrected chi connectivity index (χ0v) is 11.3. The molecule has 0 aliphatic heterocycles. The van der Waals surface area contributed by atoms with E-state index in [1.54, 1.807) is 24.3 Å². The molecule has 104 valence electrons. The van der Waals surface area contributed by atoms with E-state index in [9.17, 15) is 4.79 Å². The van der Waals surface area contributed by atoms with Crippen LogP contribution in [0.25, 0.3) is 16.7 Å². The van der Waals surface area contributed by atoms with Gasteiger partial charge in [-0.05, 0) is 30.0 Å². The molecular formula is C12H8N6O2S. The summed E-state index contributed by atoms with van der Waals surface area (Å²) in [7, 11) is 0. The summed E-state index contributed by atoms with van der Waals surface area (Å²) in [5.41, 5.74) is 7.84. The molecule has 21 heavy (non-hydrogen) atoms. The molecule has 0 amide bonds. The number of nitrogens with zero attached hydrogens (tertiary/aromatic N) is 4. The molecule has 0 saturated carbocycles. The van der Waals surface area contributed by atoms with Crippen molar-refractivity contribution in [1.29, 1.82) is 0 Å². The zero-order valence-electron chi connectivity index (χ0n) is 10.5.